The summed E-state index contributed by atoms with van der Waals surface area (Å²) in [6.07, 6.45) is -1.62. The molecule has 0 radical (unpaired) electrons. The van der Waals surface area contributed by atoms with Gasteiger partial charge in [-0.15, -0.1) is 9.52 Å². The maximum absolute atomic E-state index is 11.7. The van der Waals surface area contributed by atoms with Crippen molar-refractivity contribution >= 4 is 55.5 Å². The molecule has 5 N–H and O–H groups in total. The number of hydrogen-bond donors (Lipinski definition) is 5. The van der Waals surface area contributed by atoms with Crippen LogP contribution in [-0.2, 0) is 24.0 Å². The number of carbonyl (C=O) groups is 5. The van der Waals surface area contributed by atoms with Crippen LogP contribution in [0.15, 0.2) is 18.2 Å². The Balaban J connectivity index is 3.45. The fourth-order valence-corrected chi connectivity index (χ4v) is 6.65. The predicted octanol–water partition coefficient (Wildman–Crippen LogP) is 1.08. The molecule has 0 saturated carbocycles. The van der Waals surface area contributed by atoms with E-state index in [2.05, 4.69) is 0 Å². The molecular formula is C18H20O12S2. The number of carboxylic acid groups (broad SMARTS) is 5. The molecule has 1 aromatic carbocycles. The first kappa shape index (κ1) is 26.8. The summed E-state index contributed by atoms with van der Waals surface area (Å²) in [7, 11) is 0.224. The Hall–Kier alpha value is -3.26. The quantitative estimate of drug-likeness (QED) is 0.182. The van der Waals surface area contributed by atoms with Crippen LogP contribution >= 0.6 is 20.3 Å². The lowest BCUT2D eigenvalue weighted by molar-refractivity contribution is -0.143. The molecule has 14 heteroatoms. The van der Waals surface area contributed by atoms with Crippen molar-refractivity contribution in [3.63, 3.8) is 0 Å². The van der Waals surface area contributed by atoms with Gasteiger partial charge in [0.25, 0.3) is 0 Å². The van der Waals surface area contributed by atoms with E-state index >= 15 is 0 Å². The van der Waals surface area contributed by atoms with Gasteiger partial charge in [-0.3, -0.25) is 19.2 Å². The number of rotatable bonds is 14. The molecule has 0 heterocycles. The van der Waals surface area contributed by atoms with E-state index < -0.39 is 69.3 Å². The monoisotopic (exact) mass is 492 g/mol. The van der Waals surface area contributed by atoms with E-state index in [0.29, 0.717) is 16.4 Å². The maximum Gasteiger partial charge on any atom is 0.341 e. The number of aliphatic carboxylic acids is 5. The molecule has 12 nitrogen and oxygen atoms in total. The second-order valence-corrected chi connectivity index (χ2v) is 9.94. The lowest BCUT2D eigenvalue weighted by atomic mass is 10.2. The van der Waals surface area contributed by atoms with Crippen molar-refractivity contribution in [2.45, 2.75) is 23.3 Å². The van der Waals surface area contributed by atoms with E-state index in [0.717, 1.165) is 0 Å². The molecule has 0 saturated heterocycles. The Morgan fingerprint density at radius 3 is 2.03 bits per heavy atom. The summed E-state index contributed by atoms with van der Waals surface area (Å²) in [6.45, 7) is -0.644. The van der Waals surface area contributed by atoms with Crippen LogP contribution in [0.1, 0.15) is 18.4 Å². The Morgan fingerprint density at radius 2 is 1.56 bits per heavy atom. The predicted molar refractivity (Wildman–Crippen MR) is 114 cm³/mol. The summed E-state index contributed by atoms with van der Waals surface area (Å²) >= 11 is 0. The fraction of sp³-hybridized carbons (Fsp3) is 0.333. The first-order valence-corrected chi connectivity index (χ1v) is 11.3. The number of methoxy groups -OCH3 is 1. The summed E-state index contributed by atoms with van der Waals surface area (Å²) in [6, 6.07) is 4.12. The summed E-state index contributed by atoms with van der Waals surface area (Å²) in [5.74, 6) is -6.88. The van der Waals surface area contributed by atoms with Gasteiger partial charge in [-0.1, -0.05) is 16.9 Å². The van der Waals surface area contributed by atoms with Crippen molar-refractivity contribution in [3.8, 4) is 11.5 Å². The Morgan fingerprint density at radius 1 is 0.938 bits per heavy atom. The number of carboxylic acids is 5. The van der Waals surface area contributed by atoms with E-state index in [-0.39, 0.29) is 11.5 Å². The number of hydrogen-bond acceptors (Lipinski definition) is 8. The Kier molecular flexibility index (Phi) is 10.5. The second-order valence-electron chi connectivity index (χ2n) is 5.98. The number of ether oxygens (including phenoxy) is 2. The van der Waals surface area contributed by atoms with Crippen LogP contribution < -0.4 is 9.47 Å². The van der Waals surface area contributed by atoms with Gasteiger partial charge in [-0.05, 0) is 23.1 Å². The molecule has 0 aromatic heterocycles. The summed E-state index contributed by atoms with van der Waals surface area (Å²) in [4.78, 5) is 56.0. The standard InChI is InChI=1S/C18H20O12S2/c1-29-11-4-9(2-3-10(11)30-7-16(23)24)8-32(13(18(27)28)6-15(21)22)31-12(17(25)26)5-14(19)20/h2-4,8,12-13H,5-7H2,1H3,(H,19,20)(H,21,22)(H,23,24)(H,25,26)(H,27,28). The molecule has 0 aliphatic rings. The molecule has 0 aliphatic carbocycles. The van der Waals surface area contributed by atoms with E-state index in [9.17, 15) is 34.2 Å². The van der Waals surface area contributed by atoms with Crippen molar-refractivity contribution < 1.29 is 59.0 Å². The fourth-order valence-electron chi connectivity index (χ4n) is 2.21. The van der Waals surface area contributed by atoms with Crippen LogP contribution in [-0.4, -0.2) is 85.0 Å². The normalized spacial score (nSPS) is 13.5. The van der Waals surface area contributed by atoms with Gasteiger partial charge >= 0.3 is 29.8 Å². The minimum absolute atomic E-state index is 0.0780. The molecular weight excluding hydrogens is 472 g/mol. The zero-order valence-electron chi connectivity index (χ0n) is 16.5. The van der Waals surface area contributed by atoms with E-state index in [1.54, 1.807) is 0 Å². The Labute approximate surface area is 187 Å². The van der Waals surface area contributed by atoms with Gasteiger partial charge < -0.3 is 35.0 Å². The second kappa shape index (κ2) is 12.6. The van der Waals surface area contributed by atoms with Crippen LogP contribution in [0.5, 0.6) is 11.5 Å². The van der Waals surface area contributed by atoms with Gasteiger partial charge in [0.15, 0.2) is 18.1 Å². The van der Waals surface area contributed by atoms with Gasteiger partial charge in [0.05, 0.1) is 20.0 Å². The zero-order chi connectivity index (χ0) is 24.4. The molecule has 0 spiro atoms. The molecule has 0 aliphatic heterocycles. The molecule has 0 fully saturated rings. The molecule has 0 bridgehead atoms. The van der Waals surface area contributed by atoms with Crippen LogP contribution in [0.4, 0.5) is 0 Å². The number of benzene rings is 1. The van der Waals surface area contributed by atoms with Gasteiger partial charge in [-0.2, -0.15) is 0 Å². The van der Waals surface area contributed by atoms with Crippen LogP contribution in [0.2, 0.25) is 0 Å². The van der Waals surface area contributed by atoms with Crippen molar-refractivity contribution in [1.29, 1.82) is 0 Å². The summed E-state index contributed by atoms with van der Waals surface area (Å²) < 4.78 is 10.2. The largest absolute Gasteiger partial charge is 0.493 e. The highest BCUT2D eigenvalue weighted by Gasteiger charge is 2.31. The van der Waals surface area contributed by atoms with Gasteiger partial charge in [0, 0.05) is 0 Å². The van der Waals surface area contributed by atoms with E-state index in [4.69, 9.17) is 24.8 Å². The third-order valence-electron chi connectivity index (χ3n) is 3.57. The lowest BCUT2D eigenvalue weighted by Gasteiger charge is -2.19. The average Bonchev–Trinajstić information content (AvgIpc) is 2.68. The first-order chi connectivity index (χ1) is 14.9. The molecule has 176 valence electrons. The first-order valence-electron chi connectivity index (χ1n) is 8.60. The van der Waals surface area contributed by atoms with Crippen LogP contribution in [0.3, 0.4) is 0 Å². The third-order valence-corrected chi connectivity index (χ3v) is 8.18. The molecule has 32 heavy (non-hydrogen) atoms. The third kappa shape index (κ3) is 8.85. The topological polar surface area (TPSA) is 205 Å². The van der Waals surface area contributed by atoms with Gasteiger partial charge in [0.2, 0.25) is 0 Å². The highest BCUT2D eigenvalue weighted by Crippen LogP contribution is 2.42. The van der Waals surface area contributed by atoms with Gasteiger partial charge in [-0.25, -0.2) is 4.79 Å². The van der Waals surface area contributed by atoms with Crippen molar-refractivity contribution in [2.24, 2.45) is 0 Å². The summed E-state index contributed by atoms with van der Waals surface area (Å²) in [5.41, 5.74) is 0.302. The van der Waals surface area contributed by atoms with Crippen molar-refractivity contribution in [2.75, 3.05) is 13.7 Å². The highest BCUT2D eigenvalue weighted by atomic mass is 33.1. The minimum Gasteiger partial charge on any atom is -0.493 e. The lowest BCUT2D eigenvalue weighted by Crippen LogP contribution is -2.25. The average molecular weight is 492 g/mol. The molecule has 1 aromatic rings. The maximum atomic E-state index is 11.7. The Bertz CT molecular complexity index is 927. The zero-order valence-corrected chi connectivity index (χ0v) is 18.1. The molecule has 3 unspecified atom stereocenters. The van der Waals surface area contributed by atoms with Crippen molar-refractivity contribution in [3.05, 3.63) is 23.8 Å². The smallest absolute Gasteiger partial charge is 0.341 e. The van der Waals surface area contributed by atoms with Crippen LogP contribution in [0, 0.1) is 0 Å². The SMILES string of the molecule is COc1cc(C=S(SC(CC(=O)O)C(=O)O)C(CC(=O)O)C(=O)O)ccc1OCC(=O)O. The van der Waals surface area contributed by atoms with Crippen LogP contribution in [0.25, 0.3) is 0 Å². The minimum atomic E-state index is -1.58. The van der Waals surface area contributed by atoms with E-state index in [1.165, 1.54) is 30.7 Å². The summed E-state index contributed by atoms with van der Waals surface area (Å²) in [5, 5.41) is 43.8. The van der Waals surface area contributed by atoms with Gasteiger partial charge in [0.1, 0.15) is 10.5 Å². The molecule has 3 atom stereocenters. The van der Waals surface area contributed by atoms with Crippen molar-refractivity contribution in [1.82, 2.24) is 0 Å². The van der Waals surface area contributed by atoms with E-state index in [1.807, 2.05) is 0 Å². The highest BCUT2D eigenvalue weighted by molar-refractivity contribution is 8.84. The molecule has 0 amide bonds. The molecule has 1 rings (SSSR count).